The Bertz CT molecular complexity index is 1010. The van der Waals surface area contributed by atoms with Gasteiger partial charge in [0, 0.05) is 28.3 Å². The Morgan fingerprint density at radius 1 is 1.18 bits per heavy atom. The van der Waals surface area contributed by atoms with E-state index in [-0.39, 0.29) is 11.9 Å². The molecule has 28 heavy (non-hydrogen) atoms. The second-order valence-corrected chi connectivity index (χ2v) is 7.77. The lowest BCUT2D eigenvalue weighted by Crippen LogP contribution is -2.31. The first-order valence-electron chi connectivity index (χ1n) is 9.06. The molecule has 1 aliphatic rings. The third-order valence-corrected chi connectivity index (χ3v) is 5.15. The molecule has 0 saturated carbocycles. The summed E-state index contributed by atoms with van der Waals surface area (Å²) >= 11 is 3.44. The molecule has 1 aliphatic heterocycles. The van der Waals surface area contributed by atoms with Gasteiger partial charge in [-0.05, 0) is 41.8 Å². The third-order valence-electron chi connectivity index (χ3n) is 4.62. The molecule has 4 rings (SSSR count). The van der Waals surface area contributed by atoms with Gasteiger partial charge in [-0.25, -0.2) is 4.98 Å². The van der Waals surface area contributed by atoms with Crippen LogP contribution in [0.25, 0.3) is 11.3 Å². The predicted octanol–water partition coefficient (Wildman–Crippen LogP) is 3.38. The van der Waals surface area contributed by atoms with Crippen molar-refractivity contribution in [2.75, 3.05) is 17.2 Å². The molecule has 0 aliphatic carbocycles. The maximum Gasteiger partial charge on any atom is 0.228 e. The molecule has 0 radical (unpaired) electrons. The van der Waals surface area contributed by atoms with Crippen LogP contribution in [0.5, 0.6) is 0 Å². The van der Waals surface area contributed by atoms with E-state index in [0.29, 0.717) is 18.8 Å². The number of anilines is 2. The first-order valence-corrected chi connectivity index (χ1v) is 9.85. The SMILES string of the molecule is N[C@@H](CNc1cncc(-c2ccc3c(c2)CC(=O)N3)n1)Cc1ccc(Br)cc1. The molecule has 142 valence electrons. The first-order chi connectivity index (χ1) is 13.6. The molecule has 6 nitrogen and oxygen atoms in total. The summed E-state index contributed by atoms with van der Waals surface area (Å²) in [4.78, 5) is 20.5. The minimum atomic E-state index is -0.0382. The number of carbonyl (C=O) groups is 1. The van der Waals surface area contributed by atoms with Crippen LogP contribution >= 0.6 is 15.9 Å². The zero-order chi connectivity index (χ0) is 19.5. The molecule has 0 unspecified atom stereocenters. The van der Waals surface area contributed by atoms with Crippen LogP contribution in [0.15, 0.2) is 59.3 Å². The van der Waals surface area contributed by atoms with Gasteiger partial charge in [-0.1, -0.05) is 34.1 Å². The van der Waals surface area contributed by atoms with Crippen LogP contribution < -0.4 is 16.4 Å². The molecule has 0 spiro atoms. The summed E-state index contributed by atoms with van der Waals surface area (Å²) in [5, 5.41) is 6.11. The molecule has 1 aromatic heterocycles. The highest BCUT2D eigenvalue weighted by Crippen LogP contribution is 2.28. The lowest BCUT2D eigenvalue weighted by Gasteiger charge is -2.14. The van der Waals surface area contributed by atoms with E-state index < -0.39 is 0 Å². The van der Waals surface area contributed by atoms with E-state index in [1.54, 1.807) is 12.4 Å². The van der Waals surface area contributed by atoms with Crippen LogP contribution in [-0.2, 0) is 17.6 Å². The quantitative estimate of drug-likeness (QED) is 0.549. The third kappa shape index (κ3) is 4.37. The van der Waals surface area contributed by atoms with Crippen LogP contribution in [0.2, 0.25) is 0 Å². The summed E-state index contributed by atoms with van der Waals surface area (Å²) in [7, 11) is 0. The van der Waals surface area contributed by atoms with Crippen molar-refractivity contribution in [3.05, 3.63) is 70.5 Å². The number of nitrogens with two attached hydrogens (primary N) is 1. The topological polar surface area (TPSA) is 92.9 Å². The van der Waals surface area contributed by atoms with Gasteiger partial charge in [0.2, 0.25) is 5.91 Å². The van der Waals surface area contributed by atoms with Crippen molar-refractivity contribution in [2.24, 2.45) is 5.73 Å². The standard InChI is InChI=1S/C21H20BrN5O/c22-16-4-1-13(2-5-16)7-17(23)10-25-20-12-24-11-19(26-20)14-3-6-18-15(8-14)9-21(28)27-18/h1-6,8,11-12,17H,7,9-10,23H2,(H,25,26)(H,27,28)/t17-/m1/s1. The fraction of sp³-hybridized carbons (Fsp3) is 0.190. The van der Waals surface area contributed by atoms with Crippen molar-refractivity contribution in [1.29, 1.82) is 0 Å². The van der Waals surface area contributed by atoms with E-state index in [9.17, 15) is 4.79 Å². The van der Waals surface area contributed by atoms with Crippen LogP contribution in [0.1, 0.15) is 11.1 Å². The van der Waals surface area contributed by atoms with Gasteiger partial charge < -0.3 is 16.4 Å². The highest BCUT2D eigenvalue weighted by molar-refractivity contribution is 9.10. The molecule has 2 heterocycles. The molecular formula is C21H20BrN5O. The van der Waals surface area contributed by atoms with Crippen molar-refractivity contribution in [2.45, 2.75) is 18.9 Å². The van der Waals surface area contributed by atoms with Gasteiger partial charge in [-0.3, -0.25) is 9.78 Å². The second-order valence-electron chi connectivity index (χ2n) is 6.86. The van der Waals surface area contributed by atoms with Crippen molar-refractivity contribution >= 4 is 33.3 Å². The molecule has 4 N–H and O–H groups in total. The van der Waals surface area contributed by atoms with Gasteiger partial charge in [0.05, 0.1) is 24.5 Å². The number of rotatable bonds is 6. The van der Waals surface area contributed by atoms with E-state index in [0.717, 1.165) is 33.4 Å². The van der Waals surface area contributed by atoms with Crippen LogP contribution in [0.3, 0.4) is 0 Å². The maximum atomic E-state index is 11.5. The minimum Gasteiger partial charge on any atom is -0.367 e. The normalized spacial score (nSPS) is 13.7. The minimum absolute atomic E-state index is 0.0217. The highest BCUT2D eigenvalue weighted by Gasteiger charge is 2.18. The lowest BCUT2D eigenvalue weighted by molar-refractivity contribution is -0.115. The summed E-state index contributed by atoms with van der Waals surface area (Å²) in [6.45, 7) is 0.594. The van der Waals surface area contributed by atoms with Crippen molar-refractivity contribution < 1.29 is 4.79 Å². The number of carbonyl (C=O) groups excluding carboxylic acids is 1. The summed E-state index contributed by atoms with van der Waals surface area (Å²) in [6, 6.07) is 14.0. The number of aromatic nitrogens is 2. The molecular weight excluding hydrogens is 418 g/mol. The molecule has 3 aromatic rings. The summed E-state index contributed by atoms with van der Waals surface area (Å²) < 4.78 is 1.06. The zero-order valence-corrected chi connectivity index (χ0v) is 16.7. The molecule has 0 bridgehead atoms. The van der Waals surface area contributed by atoms with Crippen LogP contribution in [0.4, 0.5) is 11.5 Å². The Kier molecular flexibility index (Phi) is 5.36. The number of fused-ring (bicyclic) bond motifs is 1. The van der Waals surface area contributed by atoms with Gasteiger partial charge >= 0.3 is 0 Å². The van der Waals surface area contributed by atoms with E-state index in [1.807, 2.05) is 30.3 Å². The Morgan fingerprint density at radius 3 is 2.82 bits per heavy atom. The van der Waals surface area contributed by atoms with Gasteiger partial charge in [0.1, 0.15) is 5.82 Å². The Labute approximate surface area is 171 Å². The van der Waals surface area contributed by atoms with E-state index in [2.05, 4.69) is 48.7 Å². The number of nitrogens with one attached hydrogen (secondary N) is 2. The summed E-state index contributed by atoms with van der Waals surface area (Å²) in [5.41, 5.74) is 11.0. The maximum absolute atomic E-state index is 11.5. The predicted molar refractivity (Wildman–Crippen MR) is 114 cm³/mol. The molecule has 0 fully saturated rings. The molecule has 2 aromatic carbocycles. The fourth-order valence-electron chi connectivity index (χ4n) is 3.21. The van der Waals surface area contributed by atoms with E-state index in [4.69, 9.17) is 5.73 Å². The van der Waals surface area contributed by atoms with Crippen LogP contribution in [-0.4, -0.2) is 28.5 Å². The number of hydrogen-bond acceptors (Lipinski definition) is 5. The number of hydrogen-bond donors (Lipinski definition) is 3. The number of halogens is 1. The van der Waals surface area contributed by atoms with E-state index >= 15 is 0 Å². The Balaban J connectivity index is 1.41. The van der Waals surface area contributed by atoms with Crippen molar-refractivity contribution in [3.63, 3.8) is 0 Å². The molecule has 1 amide bonds. The monoisotopic (exact) mass is 437 g/mol. The molecule has 7 heteroatoms. The molecule has 1 atom stereocenters. The van der Waals surface area contributed by atoms with E-state index in [1.165, 1.54) is 5.56 Å². The number of benzene rings is 2. The largest absolute Gasteiger partial charge is 0.367 e. The average molecular weight is 438 g/mol. The van der Waals surface area contributed by atoms with Crippen molar-refractivity contribution in [3.8, 4) is 11.3 Å². The Hall–Kier alpha value is -2.77. The number of amides is 1. The zero-order valence-electron chi connectivity index (χ0n) is 15.2. The smallest absolute Gasteiger partial charge is 0.228 e. The van der Waals surface area contributed by atoms with Gasteiger partial charge in [-0.2, -0.15) is 0 Å². The van der Waals surface area contributed by atoms with Crippen molar-refractivity contribution in [1.82, 2.24) is 9.97 Å². The fourth-order valence-corrected chi connectivity index (χ4v) is 3.47. The summed E-state index contributed by atoms with van der Waals surface area (Å²) in [5.74, 6) is 0.701. The lowest BCUT2D eigenvalue weighted by atomic mass is 10.1. The average Bonchev–Trinajstić information content (AvgIpc) is 3.07. The van der Waals surface area contributed by atoms with Gasteiger partial charge in [0.25, 0.3) is 0 Å². The van der Waals surface area contributed by atoms with Gasteiger partial charge in [0.15, 0.2) is 0 Å². The van der Waals surface area contributed by atoms with Crippen LogP contribution in [0, 0.1) is 0 Å². The first kappa shape index (κ1) is 18.6. The highest BCUT2D eigenvalue weighted by atomic mass is 79.9. The summed E-state index contributed by atoms with van der Waals surface area (Å²) in [6.07, 6.45) is 4.59. The number of nitrogens with zero attached hydrogens (tertiary/aromatic N) is 2. The Morgan fingerprint density at radius 2 is 2.00 bits per heavy atom. The molecule has 0 saturated heterocycles. The second kappa shape index (κ2) is 8.08. The van der Waals surface area contributed by atoms with Gasteiger partial charge in [-0.15, -0.1) is 0 Å².